The van der Waals surface area contributed by atoms with Gasteiger partial charge in [0.2, 0.25) is 5.91 Å². The molecule has 0 saturated carbocycles. The van der Waals surface area contributed by atoms with Crippen molar-refractivity contribution in [3.63, 3.8) is 0 Å². The molecule has 29 heavy (non-hydrogen) atoms. The van der Waals surface area contributed by atoms with E-state index in [-0.39, 0.29) is 11.7 Å². The Labute approximate surface area is 173 Å². The SMILES string of the molecule is CC[N+](CC)(CC)CC(=O)Cc1ccc(N=Nc2ccc(NC(C)=O)cc2)cc1. The van der Waals surface area contributed by atoms with Crippen LogP contribution in [0.4, 0.5) is 17.1 Å². The van der Waals surface area contributed by atoms with Crippen molar-refractivity contribution >= 4 is 28.8 Å². The molecule has 0 bridgehead atoms. The summed E-state index contributed by atoms with van der Waals surface area (Å²) in [7, 11) is 0. The van der Waals surface area contributed by atoms with Crippen molar-refractivity contribution < 1.29 is 14.1 Å². The number of carbonyl (C=O) groups is 2. The zero-order chi connectivity index (χ0) is 21.3. The second-order valence-corrected chi connectivity index (χ2v) is 7.26. The fraction of sp³-hybridized carbons (Fsp3) is 0.391. The highest BCUT2D eigenvalue weighted by molar-refractivity contribution is 5.88. The van der Waals surface area contributed by atoms with Crippen LogP contribution in [0, 0.1) is 0 Å². The standard InChI is InChI=1S/C23H30N4O2/c1-5-27(6-2,7-3)17-23(29)16-19-8-10-21(11-9-19)25-26-22-14-12-20(13-15-22)24-18(4)28/h8-15H,5-7,16-17H2,1-4H3/p+1. The van der Waals surface area contributed by atoms with Crippen LogP contribution >= 0.6 is 0 Å². The van der Waals surface area contributed by atoms with Gasteiger partial charge in [0.25, 0.3) is 0 Å². The lowest BCUT2D eigenvalue weighted by Gasteiger charge is -2.35. The van der Waals surface area contributed by atoms with E-state index in [1.807, 2.05) is 24.3 Å². The molecular formula is C23H31N4O2+. The van der Waals surface area contributed by atoms with Gasteiger partial charge >= 0.3 is 0 Å². The van der Waals surface area contributed by atoms with Gasteiger partial charge in [0.15, 0.2) is 5.78 Å². The molecule has 0 spiro atoms. The van der Waals surface area contributed by atoms with Crippen LogP contribution in [0.15, 0.2) is 58.8 Å². The first-order valence-corrected chi connectivity index (χ1v) is 10.1. The molecule has 0 atom stereocenters. The number of anilines is 1. The first kappa shape index (κ1) is 22.4. The number of quaternary nitrogens is 1. The van der Waals surface area contributed by atoms with Gasteiger partial charge in [0.1, 0.15) is 6.54 Å². The van der Waals surface area contributed by atoms with E-state index in [4.69, 9.17) is 0 Å². The Morgan fingerprint density at radius 2 is 1.31 bits per heavy atom. The van der Waals surface area contributed by atoms with Crippen molar-refractivity contribution in [1.82, 2.24) is 0 Å². The van der Waals surface area contributed by atoms with Crippen LogP contribution in [0.5, 0.6) is 0 Å². The number of likely N-dealkylation sites (N-methyl/N-ethyl adjacent to an activating group) is 1. The summed E-state index contributed by atoms with van der Waals surface area (Å²) >= 11 is 0. The van der Waals surface area contributed by atoms with Crippen LogP contribution in [-0.2, 0) is 16.0 Å². The first-order chi connectivity index (χ1) is 13.9. The zero-order valence-corrected chi connectivity index (χ0v) is 17.8. The van der Waals surface area contributed by atoms with Gasteiger partial charge in [0, 0.05) is 19.0 Å². The molecule has 0 aromatic heterocycles. The van der Waals surface area contributed by atoms with Crippen LogP contribution in [-0.4, -0.2) is 42.4 Å². The molecule has 0 radical (unpaired) electrons. The van der Waals surface area contributed by atoms with Crippen LogP contribution in [0.3, 0.4) is 0 Å². The Morgan fingerprint density at radius 1 is 0.828 bits per heavy atom. The number of nitrogens with zero attached hydrogens (tertiary/aromatic N) is 3. The third kappa shape index (κ3) is 6.91. The summed E-state index contributed by atoms with van der Waals surface area (Å²) in [5, 5.41) is 11.2. The summed E-state index contributed by atoms with van der Waals surface area (Å²) in [6, 6.07) is 14.8. The number of Topliss-reactive ketones (excluding diaryl/α,β-unsaturated/α-hetero) is 1. The highest BCUT2D eigenvalue weighted by atomic mass is 16.1. The van der Waals surface area contributed by atoms with Gasteiger partial charge in [-0.25, -0.2) is 0 Å². The van der Waals surface area contributed by atoms with E-state index >= 15 is 0 Å². The maximum absolute atomic E-state index is 12.5. The maximum atomic E-state index is 12.5. The molecule has 0 aliphatic rings. The minimum absolute atomic E-state index is 0.110. The fourth-order valence-electron chi connectivity index (χ4n) is 3.27. The minimum atomic E-state index is -0.110. The molecule has 0 unspecified atom stereocenters. The Morgan fingerprint density at radius 3 is 1.76 bits per heavy atom. The van der Waals surface area contributed by atoms with Crippen LogP contribution in [0.1, 0.15) is 33.3 Å². The molecule has 1 N–H and O–H groups in total. The average Bonchev–Trinajstić information content (AvgIpc) is 2.72. The largest absolute Gasteiger partial charge is 0.326 e. The highest BCUT2D eigenvalue weighted by Crippen LogP contribution is 2.21. The van der Waals surface area contributed by atoms with Gasteiger partial charge in [-0.15, -0.1) is 0 Å². The molecule has 154 valence electrons. The van der Waals surface area contributed by atoms with Crippen molar-refractivity contribution in [2.75, 3.05) is 31.5 Å². The molecule has 2 aromatic carbocycles. The van der Waals surface area contributed by atoms with Crippen molar-refractivity contribution in [3.05, 3.63) is 54.1 Å². The normalized spacial score (nSPS) is 11.6. The lowest BCUT2D eigenvalue weighted by Crippen LogP contribution is -2.51. The summed E-state index contributed by atoms with van der Waals surface area (Å²) in [4.78, 5) is 23.6. The smallest absolute Gasteiger partial charge is 0.221 e. The monoisotopic (exact) mass is 395 g/mol. The van der Waals surface area contributed by atoms with Crippen molar-refractivity contribution in [2.24, 2.45) is 10.2 Å². The number of azo groups is 1. The molecule has 1 amide bonds. The lowest BCUT2D eigenvalue weighted by molar-refractivity contribution is -0.915. The predicted octanol–water partition coefficient (Wildman–Crippen LogP) is 5.05. The van der Waals surface area contributed by atoms with E-state index in [0.29, 0.717) is 18.7 Å². The lowest BCUT2D eigenvalue weighted by atomic mass is 10.1. The average molecular weight is 396 g/mol. The van der Waals surface area contributed by atoms with Gasteiger partial charge in [-0.05, 0) is 62.7 Å². The molecule has 6 heteroatoms. The maximum Gasteiger partial charge on any atom is 0.221 e. The minimum Gasteiger partial charge on any atom is -0.326 e. The second kappa shape index (κ2) is 10.6. The third-order valence-corrected chi connectivity index (χ3v) is 5.33. The number of carbonyl (C=O) groups excluding carboxylic acids is 2. The van der Waals surface area contributed by atoms with Crippen LogP contribution in [0.2, 0.25) is 0 Å². The molecule has 0 saturated heterocycles. The number of hydrogen-bond acceptors (Lipinski definition) is 4. The van der Waals surface area contributed by atoms with E-state index in [1.54, 1.807) is 24.3 Å². The Balaban J connectivity index is 1.95. The number of ketones is 1. The van der Waals surface area contributed by atoms with Crippen LogP contribution < -0.4 is 5.32 Å². The highest BCUT2D eigenvalue weighted by Gasteiger charge is 2.24. The number of hydrogen-bond donors (Lipinski definition) is 1. The van der Waals surface area contributed by atoms with Gasteiger partial charge in [-0.3, -0.25) is 9.59 Å². The van der Waals surface area contributed by atoms with Crippen molar-refractivity contribution in [2.45, 2.75) is 34.1 Å². The number of amides is 1. The summed E-state index contributed by atoms with van der Waals surface area (Å²) < 4.78 is 0.839. The summed E-state index contributed by atoms with van der Waals surface area (Å²) in [5.41, 5.74) is 3.15. The summed E-state index contributed by atoms with van der Waals surface area (Å²) in [6.45, 7) is 11.4. The Bertz CT molecular complexity index is 830. The Kier molecular flexibility index (Phi) is 8.21. The van der Waals surface area contributed by atoms with Gasteiger partial charge < -0.3 is 9.80 Å². The van der Waals surface area contributed by atoms with Gasteiger partial charge in [-0.2, -0.15) is 10.2 Å². The third-order valence-electron chi connectivity index (χ3n) is 5.33. The second-order valence-electron chi connectivity index (χ2n) is 7.26. The molecule has 0 fully saturated rings. The predicted molar refractivity (Wildman–Crippen MR) is 117 cm³/mol. The van der Waals surface area contributed by atoms with E-state index in [2.05, 4.69) is 36.3 Å². The van der Waals surface area contributed by atoms with E-state index in [1.165, 1.54) is 6.92 Å². The topological polar surface area (TPSA) is 70.9 Å². The number of rotatable bonds is 10. The fourth-order valence-corrected chi connectivity index (χ4v) is 3.27. The van der Waals surface area contributed by atoms with Crippen molar-refractivity contribution in [3.8, 4) is 0 Å². The van der Waals surface area contributed by atoms with Gasteiger partial charge in [-0.1, -0.05) is 12.1 Å². The molecule has 0 aliphatic carbocycles. The Hall–Kier alpha value is -2.86. The van der Waals surface area contributed by atoms with E-state index in [0.717, 1.165) is 41.1 Å². The molecule has 2 rings (SSSR count). The molecule has 0 aliphatic heterocycles. The summed E-state index contributed by atoms with van der Waals surface area (Å²) in [6.07, 6.45) is 0.446. The number of benzene rings is 2. The first-order valence-electron chi connectivity index (χ1n) is 10.1. The molecular weight excluding hydrogens is 364 g/mol. The zero-order valence-electron chi connectivity index (χ0n) is 17.8. The summed E-state index contributed by atoms with van der Waals surface area (Å²) in [5.74, 6) is 0.158. The van der Waals surface area contributed by atoms with E-state index < -0.39 is 0 Å². The molecule has 2 aromatic rings. The molecule has 6 nitrogen and oxygen atoms in total. The van der Waals surface area contributed by atoms with Crippen LogP contribution in [0.25, 0.3) is 0 Å². The van der Waals surface area contributed by atoms with E-state index in [9.17, 15) is 9.59 Å². The molecule has 0 heterocycles. The van der Waals surface area contributed by atoms with Crippen molar-refractivity contribution in [1.29, 1.82) is 0 Å². The van der Waals surface area contributed by atoms with Gasteiger partial charge in [0.05, 0.1) is 31.0 Å². The quantitative estimate of drug-likeness (QED) is 0.452. The number of nitrogens with one attached hydrogen (secondary N) is 1.